The highest BCUT2D eigenvalue weighted by atomic mass is 32.1. The molecule has 0 aliphatic carbocycles. The zero-order valence-corrected chi connectivity index (χ0v) is 16.1. The number of nitrogens with zero attached hydrogens (tertiary/aromatic N) is 1. The first-order chi connectivity index (χ1) is 13.6. The highest BCUT2D eigenvalue weighted by Crippen LogP contribution is 2.29. The molecule has 0 fully saturated rings. The van der Waals surface area contributed by atoms with Gasteiger partial charge in [0.2, 0.25) is 11.8 Å². The van der Waals surface area contributed by atoms with Gasteiger partial charge in [-0.25, -0.2) is 4.98 Å². The molecule has 2 amide bonds. The zero-order chi connectivity index (χ0) is 19.5. The van der Waals surface area contributed by atoms with Crippen molar-refractivity contribution in [2.24, 2.45) is 5.92 Å². The predicted molar refractivity (Wildman–Crippen MR) is 110 cm³/mol. The molecule has 0 spiro atoms. The molecule has 3 aromatic rings. The van der Waals surface area contributed by atoms with Crippen LogP contribution in [-0.2, 0) is 16.0 Å². The molecule has 0 radical (unpaired) electrons. The van der Waals surface area contributed by atoms with E-state index in [0.717, 1.165) is 28.3 Å². The second kappa shape index (κ2) is 7.82. The molecule has 0 saturated carbocycles. The number of carbonyl (C=O) groups excluding carboxylic acids is 2. The molecule has 0 unspecified atom stereocenters. The molecule has 28 heavy (non-hydrogen) atoms. The summed E-state index contributed by atoms with van der Waals surface area (Å²) < 4.78 is 5.70. The molecular formula is C21H19N3O3S. The molecule has 7 heteroatoms. The number of anilines is 2. The maximum absolute atomic E-state index is 12.6. The molecule has 0 bridgehead atoms. The third-order valence-corrected chi connectivity index (χ3v) is 5.24. The minimum absolute atomic E-state index is 0.0867. The minimum atomic E-state index is -0.237. The highest BCUT2D eigenvalue weighted by molar-refractivity contribution is 7.14. The van der Waals surface area contributed by atoms with Crippen molar-refractivity contribution >= 4 is 34.0 Å². The topological polar surface area (TPSA) is 80.3 Å². The standard InChI is InChI=1S/C21H19N3O3S/c1-13(25)22-17-8-6-14(7-9-17)18-12-28-21(23-18)24-20(26)16-10-15-4-2-3-5-19(15)27-11-16/h2-9,12,16H,10-11H2,1H3,(H,22,25)(H,23,24,26)/t16-/m0/s1. The van der Waals surface area contributed by atoms with Crippen molar-refractivity contribution in [1.29, 1.82) is 0 Å². The smallest absolute Gasteiger partial charge is 0.233 e. The number of benzene rings is 2. The van der Waals surface area contributed by atoms with Gasteiger partial charge < -0.3 is 15.4 Å². The summed E-state index contributed by atoms with van der Waals surface area (Å²) in [6.45, 7) is 1.84. The van der Waals surface area contributed by atoms with Crippen LogP contribution in [0.2, 0.25) is 0 Å². The van der Waals surface area contributed by atoms with E-state index < -0.39 is 0 Å². The van der Waals surface area contributed by atoms with Gasteiger partial charge in [-0.05, 0) is 30.2 Å². The molecule has 2 N–H and O–H groups in total. The summed E-state index contributed by atoms with van der Waals surface area (Å²) in [5, 5.41) is 8.09. The van der Waals surface area contributed by atoms with Crippen LogP contribution >= 0.6 is 11.3 Å². The zero-order valence-electron chi connectivity index (χ0n) is 15.3. The summed E-state index contributed by atoms with van der Waals surface area (Å²) in [6, 6.07) is 15.2. The highest BCUT2D eigenvalue weighted by Gasteiger charge is 2.26. The normalized spacial score (nSPS) is 15.2. The quantitative estimate of drug-likeness (QED) is 0.703. The molecule has 1 aromatic heterocycles. The lowest BCUT2D eigenvalue weighted by Gasteiger charge is -2.24. The van der Waals surface area contributed by atoms with Crippen LogP contribution in [0.15, 0.2) is 53.9 Å². The Hall–Kier alpha value is -3.19. The van der Waals surface area contributed by atoms with Crippen molar-refractivity contribution in [2.45, 2.75) is 13.3 Å². The number of hydrogen-bond acceptors (Lipinski definition) is 5. The van der Waals surface area contributed by atoms with Crippen LogP contribution in [0.3, 0.4) is 0 Å². The van der Waals surface area contributed by atoms with Gasteiger partial charge in [0.1, 0.15) is 12.4 Å². The van der Waals surface area contributed by atoms with Crippen molar-refractivity contribution < 1.29 is 14.3 Å². The number of nitrogens with one attached hydrogen (secondary N) is 2. The molecule has 2 heterocycles. The van der Waals surface area contributed by atoms with Crippen LogP contribution in [0.5, 0.6) is 5.75 Å². The lowest BCUT2D eigenvalue weighted by molar-refractivity contribution is -0.121. The monoisotopic (exact) mass is 393 g/mol. The van der Waals surface area contributed by atoms with Gasteiger partial charge in [0.05, 0.1) is 11.6 Å². The maximum atomic E-state index is 12.6. The predicted octanol–water partition coefficient (Wildman–Crippen LogP) is 3.96. The largest absolute Gasteiger partial charge is 0.492 e. The second-order valence-electron chi connectivity index (χ2n) is 6.61. The Balaban J connectivity index is 1.41. The summed E-state index contributed by atoms with van der Waals surface area (Å²) in [6.07, 6.45) is 0.658. The van der Waals surface area contributed by atoms with Crippen molar-refractivity contribution in [1.82, 2.24) is 4.98 Å². The van der Waals surface area contributed by atoms with Gasteiger partial charge in [0.25, 0.3) is 0 Å². The number of rotatable bonds is 4. The number of aromatic nitrogens is 1. The maximum Gasteiger partial charge on any atom is 0.233 e. The van der Waals surface area contributed by atoms with Crippen molar-refractivity contribution in [2.75, 3.05) is 17.2 Å². The molecular weight excluding hydrogens is 374 g/mol. The minimum Gasteiger partial charge on any atom is -0.492 e. The van der Waals surface area contributed by atoms with Crippen molar-refractivity contribution in [3.63, 3.8) is 0 Å². The van der Waals surface area contributed by atoms with E-state index >= 15 is 0 Å². The molecule has 6 nitrogen and oxygen atoms in total. The van der Waals surface area contributed by atoms with Gasteiger partial charge in [-0.1, -0.05) is 30.3 Å². The summed E-state index contributed by atoms with van der Waals surface area (Å²) in [7, 11) is 0. The Morgan fingerprint density at radius 2 is 1.89 bits per heavy atom. The van der Waals surface area contributed by atoms with Gasteiger partial charge in [-0.15, -0.1) is 11.3 Å². The van der Waals surface area contributed by atoms with E-state index in [2.05, 4.69) is 15.6 Å². The molecule has 2 aromatic carbocycles. The van der Waals surface area contributed by atoms with Gasteiger partial charge >= 0.3 is 0 Å². The van der Waals surface area contributed by atoms with Gasteiger partial charge in [-0.3, -0.25) is 9.59 Å². The fraction of sp³-hybridized carbons (Fsp3) is 0.190. The number of carbonyl (C=O) groups is 2. The summed E-state index contributed by atoms with van der Waals surface area (Å²) in [5.74, 6) is 0.419. The number of amides is 2. The van der Waals surface area contributed by atoms with Gasteiger partial charge in [0.15, 0.2) is 5.13 Å². The Kier molecular flexibility index (Phi) is 5.08. The van der Waals surface area contributed by atoms with Crippen LogP contribution < -0.4 is 15.4 Å². The van der Waals surface area contributed by atoms with E-state index in [1.807, 2.05) is 53.9 Å². The lowest BCUT2D eigenvalue weighted by Crippen LogP contribution is -2.32. The van der Waals surface area contributed by atoms with Gasteiger partial charge in [-0.2, -0.15) is 0 Å². The van der Waals surface area contributed by atoms with E-state index in [-0.39, 0.29) is 17.7 Å². The van der Waals surface area contributed by atoms with E-state index in [1.54, 1.807) is 0 Å². The number of para-hydroxylation sites is 1. The van der Waals surface area contributed by atoms with E-state index in [9.17, 15) is 9.59 Å². The van der Waals surface area contributed by atoms with Crippen molar-refractivity contribution in [3.05, 3.63) is 59.5 Å². The SMILES string of the molecule is CC(=O)Nc1ccc(-c2csc(NC(=O)[C@@H]3COc4ccccc4C3)n2)cc1. The lowest BCUT2D eigenvalue weighted by atomic mass is 9.96. The van der Waals surface area contributed by atoms with Gasteiger partial charge in [0, 0.05) is 23.6 Å². The Morgan fingerprint density at radius 3 is 2.68 bits per heavy atom. The van der Waals surface area contributed by atoms with E-state index in [4.69, 9.17) is 4.74 Å². The molecule has 142 valence electrons. The fourth-order valence-electron chi connectivity index (χ4n) is 3.10. The molecule has 4 rings (SSSR count). The molecule has 1 aliphatic heterocycles. The second-order valence-corrected chi connectivity index (χ2v) is 7.46. The molecule has 1 atom stereocenters. The first-order valence-electron chi connectivity index (χ1n) is 8.93. The third kappa shape index (κ3) is 4.04. The van der Waals surface area contributed by atoms with Crippen molar-refractivity contribution in [3.8, 4) is 17.0 Å². The van der Waals surface area contributed by atoms with Crippen LogP contribution in [-0.4, -0.2) is 23.4 Å². The number of thiazole rings is 1. The fourth-order valence-corrected chi connectivity index (χ4v) is 3.82. The Morgan fingerprint density at radius 1 is 1.11 bits per heavy atom. The summed E-state index contributed by atoms with van der Waals surface area (Å²) in [5.41, 5.74) is 3.48. The molecule has 0 saturated heterocycles. The van der Waals surface area contributed by atoms with Crippen LogP contribution in [0.25, 0.3) is 11.3 Å². The van der Waals surface area contributed by atoms with E-state index in [1.165, 1.54) is 18.3 Å². The number of fused-ring (bicyclic) bond motifs is 1. The van der Waals surface area contributed by atoms with Crippen LogP contribution in [0.1, 0.15) is 12.5 Å². The number of hydrogen-bond donors (Lipinski definition) is 2. The van der Waals surface area contributed by atoms with Crippen LogP contribution in [0, 0.1) is 5.92 Å². The third-order valence-electron chi connectivity index (χ3n) is 4.49. The average molecular weight is 393 g/mol. The van der Waals surface area contributed by atoms with E-state index in [0.29, 0.717) is 18.2 Å². The summed E-state index contributed by atoms with van der Waals surface area (Å²) in [4.78, 5) is 28.2. The first kappa shape index (κ1) is 18.2. The Labute approximate surface area is 166 Å². The van der Waals surface area contributed by atoms with Crippen LogP contribution in [0.4, 0.5) is 10.8 Å². The average Bonchev–Trinajstić information content (AvgIpc) is 3.16. The molecule has 1 aliphatic rings. The first-order valence-corrected chi connectivity index (χ1v) is 9.81. The summed E-state index contributed by atoms with van der Waals surface area (Å²) >= 11 is 1.38. The number of ether oxygens (including phenoxy) is 1. The Bertz CT molecular complexity index is 1010.